The van der Waals surface area contributed by atoms with E-state index in [1.165, 1.54) is 83.5 Å². The fourth-order valence-corrected chi connectivity index (χ4v) is 5.23. The van der Waals surface area contributed by atoms with Gasteiger partial charge in [-0.05, 0) is 31.0 Å². The lowest BCUT2D eigenvalue weighted by Gasteiger charge is -2.39. The van der Waals surface area contributed by atoms with E-state index in [1.807, 2.05) is 0 Å². The molecule has 4 nitrogen and oxygen atoms in total. The molecule has 5 heteroatoms. The molecule has 0 saturated carbocycles. The molecule has 0 aromatic rings. The minimum Gasteiger partial charge on any atom is -0.413 e. The summed E-state index contributed by atoms with van der Waals surface area (Å²) in [6, 6.07) is 0. The zero-order valence-corrected chi connectivity index (χ0v) is 25.1. The first-order valence-electron chi connectivity index (χ1n) is 14.6. The first-order chi connectivity index (χ1) is 16.2. The third-order valence-corrected chi connectivity index (χ3v) is 12.3. The zero-order valence-electron chi connectivity index (χ0n) is 24.1. The molecule has 0 bridgehead atoms. The Morgan fingerprint density at radius 2 is 1.29 bits per heavy atom. The molecule has 0 fully saturated rings. The molecular formula is C29H59NO3Si. The van der Waals surface area contributed by atoms with Gasteiger partial charge in [0.15, 0.2) is 13.9 Å². The molecule has 1 aliphatic rings. The van der Waals surface area contributed by atoms with Crippen LogP contribution in [-0.4, -0.2) is 39.5 Å². The van der Waals surface area contributed by atoms with Gasteiger partial charge in [-0.15, -0.1) is 0 Å². The number of ether oxygens (including phenoxy) is 1. The van der Waals surface area contributed by atoms with Crippen molar-refractivity contribution >= 4 is 14.0 Å². The smallest absolute Gasteiger partial charge is 0.192 e. The molecule has 0 spiro atoms. The van der Waals surface area contributed by atoms with Gasteiger partial charge in [0.25, 0.3) is 0 Å². The van der Waals surface area contributed by atoms with E-state index in [4.69, 9.17) is 14.0 Å². The molecule has 1 aliphatic heterocycles. The lowest BCUT2D eigenvalue weighted by Crippen LogP contribution is -2.48. The van der Waals surface area contributed by atoms with Crippen LogP contribution in [0.5, 0.6) is 0 Å². The van der Waals surface area contributed by atoms with Gasteiger partial charge in [0.05, 0.1) is 18.9 Å². The van der Waals surface area contributed by atoms with E-state index in [1.54, 1.807) is 0 Å². The SMILES string of the molecule is CCCCCCCCCCCCCCCCOCC1(CO[Si](C)(C)C(C)(C)C)CC(CC)=NO1. The van der Waals surface area contributed by atoms with Crippen molar-refractivity contribution < 1.29 is 14.0 Å². The Morgan fingerprint density at radius 1 is 0.794 bits per heavy atom. The van der Waals surface area contributed by atoms with Crippen molar-refractivity contribution in [2.45, 2.75) is 161 Å². The summed E-state index contributed by atoms with van der Waals surface area (Å²) in [4.78, 5) is 5.94. The summed E-state index contributed by atoms with van der Waals surface area (Å²) >= 11 is 0. The highest BCUT2D eigenvalue weighted by Crippen LogP contribution is 2.38. The summed E-state index contributed by atoms with van der Waals surface area (Å²) in [5, 5.41) is 4.53. The molecular weight excluding hydrogens is 438 g/mol. The molecule has 0 amide bonds. The monoisotopic (exact) mass is 497 g/mol. The van der Waals surface area contributed by atoms with Crippen molar-refractivity contribution in [3.05, 3.63) is 0 Å². The average Bonchev–Trinajstić information content (AvgIpc) is 3.20. The number of hydrogen-bond acceptors (Lipinski definition) is 4. The molecule has 0 saturated heterocycles. The zero-order chi connectivity index (χ0) is 25.3. The maximum absolute atomic E-state index is 6.51. The quantitative estimate of drug-likeness (QED) is 0.117. The largest absolute Gasteiger partial charge is 0.413 e. The second-order valence-corrected chi connectivity index (χ2v) is 17.0. The third-order valence-electron chi connectivity index (χ3n) is 7.81. The minimum absolute atomic E-state index is 0.191. The summed E-state index contributed by atoms with van der Waals surface area (Å²) < 4.78 is 12.6. The predicted octanol–water partition coefficient (Wildman–Crippen LogP) is 9.43. The van der Waals surface area contributed by atoms with Gasteiger partial charge in [0, 0.05) is 13.0 Å². The predicted molar refractivity (Wildman–Crippen MR) is 150 cm³/mol. The first-order valence-corrected chi connectivity index (χ1v) is 17.5. The maximum Gasteiger partial charge on any atom is 0.192 e. The van der Waals surface area contributed by atoms with Crippen LogP contribution < -0.4 is 0 Å². The molecule has 0 aromatic carbocycles. The standard InChI is InChI=1S/C29H59NO3Si/c1-8-10-11-12-13-14-15-16-17-18-19-20-21-22-23-31-25-29(24-27(9-2)30-33-29)26-32-34(6,7)28(3,4)5/h8-26H2,1-7H3. The van der Waals surface area contributed by atoms with E-state index >= 15 is 0 Å². The van der Waals surface area contributed by atoms with Gasteiger partial charge in [-0.25, -0.2) is 0 Å². The van der Waals surface area contributed by atoms with Crippen molar-refractivity contribution in [2.24, 2.45) is 5.16 Å². The van der Waals surface area contributed by atoms with Gasteiger partial charge < -0.3 is 14.0 Å². The van der Waals surface area contributed by atoms with Crippen LogP contribution in [0, 0.1) is 0 Å². The number of hydrogen-bond donors (Lipinski definition) is 0. The van der Waals surface area contributed by atoms with Crippen LogP contribution in [0.25, 0.3) is 0 Å². The highest BCUT2D eigenvalue weighted by atomic mass is 28.4. The maximum atomic E-state index is 6.51. The molecule has 34 heavy (non-hydrogen) atoms. The Bertz CT molecular complexity index is 544. The van der Waals surface area contributed by atoms with Crippen LogP contribution >= 0.6 is 0 Å². The number of unbranched alkanes of at least 4 members (excludes halogenated alkanes) is 13. The lowest BCUT2D eigenvalue weighted by atomic mass is 9.98. The van der Waals surface area contributed by atoms with Crippen LogP contribution in [0.1, 0.15) is 137 Å². The van der Waals surface area contributed by atoms with Crippen molar-refractivity contribution in [2.75, 3.05) is 19.8 Å². The molecule has 1 atom stereocenters. The van der Waals surface area contributed by atoms with E-state index in [0.717, 1.165) is 31.6 Å². The van der Waals surface area contributed by atoms with Gasteiger partial charge in [-0.1, -0.05) is 123 Å². The van der Waals surface area contributed by atoms with Crippen LogP contribution in [0.3, 0.4) is 0 Å². The van der Waals surface area contributed by atoms with Crippen molar-refractivity contribution in [3.8, 4) is 0 Å². The summed E-state index contributed by atoms with van der Waals surface area (Å²) in [5.41, 5.74) is 0.690. The molecule has 0 aliphatic carbocycles. The van der Waals surface area contributed by atoms with Crippen molar-refractivity contribution in [1.29, 1.82) is 0 Å². The molecule has 1 rings (SSSR count). The van der Waals surface area contributed by atoms with Crippen LogP contribution in [0.15, 0.2) is 5.16 Å². The van der Waals surface area contributed by atoms with E-state index in [2.05, 4.69) is 52.9 Å². The lowest BCUT2D eigenvalue weighted by molar-refractivity contribution is -0.103. The van der Waals surface area contributed by atoms with E-state index in [-0.39, 0.29) is 5.04 Å². The fraction of sp³-hybridized carbons (Fsp3) is 0.966. The minimum atomic E-state index is -1.83. The van der Waals surface area contributed by atoms with Crippen molar-refractivity contribution in [1.82, 2.24) is 0 Å². The summed E-state index contributed by atoms with van der Waals surface area (Å²) in [6.07, 6.45) is 21.1. The molecule has 1 heterocycles. The summed E-state index contributed by atoms with van der Waals surface area (Å²) in [5.74, 6) is 0. The first kappa shape index (κ1) is 31.6. The molecule has 1 unspecified atom stereocenters. The summed E-state index contributed by atoms with van der Waals surface area (Å²) in [6.45, 7) is 17.8. The molecule has 202 valence electrons. The van der Waals surface area contributed by atoms with Gasteiger partial charge in [0.1, 0.15) is 0 Å². The van der Waals surface area contributed by atoms with Crippen LogP contribution in [0.4, 0.5) is 0 Å². The topological polar surface area (TPSA) is 40.0 Å². The van der Waals surface area contributed by atoms with E-state index in [0.29, 0.717) is 13.2 Å². The van der Waals surface area contributed by atoms with Gasteiger partial charge in [-0.3, -0.25) is 0 Å². The third kappa shape index (κ3) is 13.1. The number of rotatable bonds is 21. The average molecular weight is 498 g/mol. The normalized spacial score (nSPS) is 18.9. The second kappa shape index (κ2) is 17.1. The van der Waals surface area contributed by atoms with Gasteiger partial charge >= 0.3 is 0 Å². The number of nitrogens with zero attached hydrogens (tertiary/aromatic N) is 1. The second-order valence-electron chi connectivity index (χ2n) is 12.2. The fourth-order valence-electron chi connectivity index (χ4n) is 4.17. The van der Waals surface area contributed by atoms with Gasteiger partial charge in [-0.2, -0.15) is 0 Å². The van der Waals surface area contributed by atoms with E-state index < -0.39 is 13.9 Å². The Kier molecular flexibility index (Phi) is 15.9. The Hall–Kier alpha value is -0.393. The highest BCUT2D eigenvalue weighted by Gasteiger charge is 2.44. The molecule has 0 aromatic heterocycles. The molecule has 0 radical (unpaired) electrons. The summed E-state index contributed by atoms with van der Waals surface area (Å²) in [7, 11) is -1.83. The van der Waals surface area contributed by atoms with Crippen molar-refractivity contribution in [3.63, 3.8) is 0 Å². The number of oxime groups is 1. The van der Waals surface area contributed by atoms with Gasteiger partial charge in [0.2, 0.25) is 0 Å². The Labute approximate surface area is 214 Å². The highest BCUT2D eigenvalue weighted by molar-refractivity contribution is 6.74. The van der Waals surface area contributed by atoms with Crippen LogP contribution in [-0.2, 0) is 14.0 Å². The molecule has 0 N–H and O–H groups in total. The Morgan fingerprint density at radius 3 is 1.74 bits per heavy atom. The van der Waals surface area contributed by atoms with E-state index in [9.17, 15) is 0 Å². The van der Waals surface area contributed by atoms with Crippen LogP contribution in [0.2, 0.25) is 18.1 Å². The Balaban J connectivity index is 2.11.